The number of carbonyl (C=O) groups is 4. The van der Waals surface area contributed by atoms with E-state index in [2.05, 4.69) is 20.9 Å². The molecule has 3 amide bonds. The molecule has 11 nitrogen and oxygen atoms in total. The predicted molar refractivity (Wildman–Crippen MR) is 155 cm³/mol. The van der Waals surface area contributed by atoms with Crippen molar-refractivity contribution in [3.05, 3.63) is 71.9 Å². The lowest BCUT2D eigenvalue weighted by atomic mass is 10.00. The van der Waals surface area contributed by atoms with E-state index in [1.807, 2.05) is 38.1 Å². The Kier molecular flexibility index (Phi) is 11.0. The molecule has 3 aromatic rings. The Balaban J connectivity index is 1.89. The molecule has 5 unspecified atom stereocenters. The quantitative estimate of drug-likeness (QED) is 0.153. The van der Waals surface area contributed by atoms with E-state index in [1.54, 1.807) is 36.5 Å². The van der Waals surface area contributed by atoms with Crippen molar-refractivity contribution in [3.63, 3.8) is 0 Å². The fourth-order valence-corrected chi connectivity index (χ4v) is 4.60. The maximum atomic E-state index is 13.7. The van der Waals surface area contributed by atoms with Crippen LogP contribution in [0.3, 0.4) is 0 Å². The third kappa shape index (κ3) is 8.89. The first-order chi connectivity index (χ1) is 19.5. The number of aliphatic carboxylic acids is 1. The van der Waals surface area contributed by atoms with Gasteiger partial charge in [-0.25, -0.2) is 4.79 Å². The van der Waals surface area contributed by atoms with Crippen LogP contribution in [0.2, 0.25) is 0 Å². The highest BCUT2D eigenvalue weighted by Crippen LogP contribution is 2.19. The number of hydrogen-bond acceptors (Lipinski definition) is 6. The van der Waals surface area contributed by atoms with Crippen molar-refractivity contribution in [2.75, 3.05) is 0 Å². The summed E-state index contributed by atoms with van der Waals surface area (Å²) in [4.78, 5) is 54.7. The normalized spacial score (nSPS) is 15.0. The minimum atomic E-state index is -1.58. The van der Waals surface area contributed by atoms with Gasteiger partial charge >= 0.3 is 5.97 Å². The predicted octanol–water partition coefficient (Wildman–Crippen LogP) is 1.25. The van der Waals surface area contributed by atoms with Gasteiger partial charge in [0.1, 0.15) is 12.1 Å². The smallest absolute Gasteiger partial charge is 0.328 e. The lowest BCUT2D eigenvalue weighted by Gasteiger charge is -2.26. The zero-order valence-electron chi connectivity index (χ0n) is 23.5. The Morgan fingerprint density at radius 2 is 1.41 bits per heavy atom. The van der Waals surface area contributed by atoms with Gasteiger partial charge in [-0.3, -0.25) is 14.4 Å². The first-order valence-electron chi connectivity index (χ1n) is 13.6. The highest BCUT2D eigenvalue weighted by molar-refractivity contribution is 5.95. The van der Waals surface area contributed by atoms with Gasteiger partial charge in [0, 0.05) is 29.9 Å². The number of amides is 3. The van der Waals surface area contributed by atoms with E-state index in [9.17, 15) is 29.4 Å². The van der Waals surface area contributed by atoms with E-state index in [0.29, 0.717) is 12.0 Å². The molecule has 220 valence electrons. The van der Waals surface area contributed by atoms with E-state index in [1.165, 1.54) is 6.92 Å². The van der Waals surface area contributed by atoms with Crippen molar-refractivity contribution in [1.82, 2.24) is 20.9 Å². The molecule has 0 bridgehead atoms. The second-order valence-electron chi connectivity index (χ2n) is 10.7. The Morgan fingerprint density at radius 3 is 2.05 bits per heavy atom. The zero-order valence-corrected chi connectivity index (χ0v) is 23.5. The van der Waals surface area contributed by atoms with E-state index >= 15 is 0 Å². The minimum Gasteiger partial charge on any atom is -0.480 e. The molecule has 3 rings (SSSR count). The van der Waals surface area contributed by atoms with Crippen LogP contribution >= 0.6 is 0 Å². The molecule has 0 aliphatic carbocycles. The number of benzene rings is 2. The molecule has 1 aromatic heterocycles. The maximum Gasteiger partial charge on any atom is 0.328 e. The van der Waals surface area contributed by atoms with Gasteiger partial charge in [-0.05, 0) is 36.5 Å². The van der Waals surface area contributed by atoms with Crippen molar-refractivity contribution in [3.8, 4) is 0 Å². The number of nitrogens with two attached hydrogens (primary N) is 1. The minimum absolute atomic E-state index is 0.0468. The Labute approximate surface area is 238 Å². The number of carbonyl (C=O) groups excluding carboxylic acids is 3. The summed E-state index contributed by atoms with van der Waals surface area (Å²) in [7, 11) is 0. The lowest BCUT2D eigenvalue weighted by molar-refractivity contribution is -0.145. The topological polar surface area (TPSA) is 187 Å². The van der Waals surface area contributed by atoms with E-state index in [0.717, 1.165) is 16.5 Å². The van der Waals surface area contributed by atoms with E-state index in [4.69, 9.17) is 5.73 Å². The Morgan fingerprint density at radius 1 is 0.829 bits per heavy atom. The highest BCUT2D eigenvalue weighted by Gasteiger charge is 2.32. The SMILES string of the molecule is CC(C)CC(N)C(=O)NC(Cc1c[nH]c2ccccc12)C(=O)NC(Cc1ccccc1)C(=O)NC(C(=O)O)C(C)O. The lowest BCUT2D eigenvalue weighted by Crippen LogP contribution is -2.59. The van der Waals surface area contributed by atoms with E-state index in [-0.39, 0.29) is 18.8 Å². The van der Waals surface area contributed by atoms with Crippen molar-refractivity contribution >= 4 is 34.6 Å². The molecule has 0 saturated heterocycles. The number of rotatable bonds is 14. The van der Waals surface area contributed by atoms with Crippen molar-refractivity contribution in [2.45, 2.75) is 70.3 Å². The van der Waals surface area contributed by atoms with Gasteiger partial charge < -0.3 is 36.9 Å². The van der Waals surface area contributed by atoms with Gasteiger partial charge in [-0.1, -0.05) is 62.4 Å². The number of aromatic nitrogens is 1. The van der Waals surface area contributed by atoms with Crippen LogP contribution in [0.25, 0.3) is 10.9 Å². The van der Waals surface area contributed by atoms with Crippen LogP contribution in [0, 0.1) is 5.92 Å². The van der Waals surface area contributed by atoms with Crippen molar-refractivity contribution in [2.24, 2.45) is 11.7 Å². The second-order valence-corrected chi connectivity index (χ2v) is 10.7. The van der Waals surface area contributed by atoms with Crippen LogP contribution in [-0.2, 0) is 32.0 Å². The van der Waals surface area contributed by atoms with Crippen LogP contribution < -0.4 is 21.7 Å². The van der Waals surface area contributed by atoms with Gasteiger partial charge in [0.2, 0.25) is 17.7 Å². The van der Waals surface area contributed by atoms with Gasteiger partial charge in [0.05, 0.1) is 12.1 Å². The molecular weight excluding hydrogens is 526 g/mol. The van der Waals surface area contributed by atoms with Crippen LogP contribution in [-0.4, -0.2) is 69.2 Å². The molecule has 0 aliphatic rings. The molecule has 0 aliphatic heterocycles. The summed E-state index contributed by atoms with van der Waals surface area (Å²) in [6, 6.07) is 11.7. The third-order valence-electron chi connectivity index (χ3n) is 6.76. The fraction of sp³-hybridized carbons (Fsp3) is 0.400. The number of H-pyrrole nitrogens is 1. The molecule has 41 heavy (non-hydrogen) atoms. The summed E-state index contributed by atoms with van der Waals surface area (Å²) in [6.07, 6.45) is 0.967. The number of nitrogens with one attached hydrogen (secondary N) is 4. The number of para-hydroxylation sites is 1. The molecule has 1 heterocycles. The molecule has 0 fully saturated rings. The number of hydrogen-bond donors (Lipinski definition) is 7. The molecule has 11 heteroatoms. The maximum absolute atomic E-state index is 13.7. The monoisotopic (exact) mass is 565 g/mol. The number of carboxylic acids is 1. The first kappa shape index (κ1) is 31.3. The van der Waals surface area contributed by atoms with E-state index < -0.39 is 54.0 Å². The highest BCUT2D eigenvalue weighted by atomic mass is 16.4. The molecule has 2 aromatic carbocycles. The third-order valence-corrected chi connectivity index (χ3v) is 6.76. The number of aromatic amines is 1. The number of aliphatic hydroxyl groups excluding tert-OH is 1. The zero-order chi connectivity index (χ0) is 30.1. The van der Waals surface area contributed by atoms with Crippen LogP contribution in [0.5, 0.6) is 0 Å². The van der Waals surface area contributed by atoms with Crippen LogP contribution in [0.1, 0.15) is 38.3 Å². The van der Waals surface area contributed by atoms with Crippen LogP contribution in [0.4, 0.5) is 0 Å². The molecule has 8 N–H and O–H groups in total. The Hall–Kier alpha value is -4.22. The van der Waals surface area contributed by atoms with Gasteiger partial charge in [0.15, 0.2) is 6.04 Å². The average Bonchev–Trinajstić information content (AvgIpc) is 3.33. The average molecular weight is 566 g/mol. The summed E-state index contributed by atoms with van der Waals surface area (Å²) in [5, 5.41) is 28.0. The largest absolute Gasteiger partial charge is 0.480 e. The number of aliphatic hydroxyl groups is 1. The summed E-state index contributed by atoms with van der Waals surface area (Å²) in [6.45, 7) is 5.12. The standard InChI is InChI=1S/C30H39N5O6/c1-17(2)13-22(31)27(37)33-25(15-20-16-32-23-12-8-7-11-21(20)23)28(38)34-24(14-19-9-5-4-6-10-19)29(39)35-26(18(3)36)30(40)41/h4-12,16-18,22,24-26,32,36H,13-15,31H2,1-3H3,(H,33,37)(H,34,38)(H,35,39)(H,40,41). The van der Waals surface area contributed by atoms with Crippen molar-refractivity contribution < 1.29 is 29.4 Å². The molecular formula is C30H39N5O6. The summed E-state index contributed by atoms with van der Waals surface area (Å²) in [5.41, 5.74) is 8.46. The summed E-state index contributed by atoms with van der Waals surface area (Å²) < 4.78 is 0. The van der Waals surface area contributed by atoms with Crippen molar-refractivity contribution in [1.29, 1.82) is 0 Å². The summed E-state index contributed by atoms with van der Waals surface area (Å²) in [5.74, 6) is -3.18. The van der Waals surface area contributed by atoms with Gasteiger partial charge in [-0.2, -0.15) is 0 Å². The Bertz CT molecular complexity index is 1340. The van der Waals surface area contributed by atoms with Gasteiger partial charge in [-0.15, -0.1) is 0 Å². The second kappa shape index (κ2) is 14.4. The molecule has 5 atom stereocenters. The number of carboxylic acid groups (broad SMARTS) is 1. The van der Waals surface area contributed by atoms with Crippen LogP contribution in [0.15, 0.2) is 60.8 Å². The molecule has 0 radical (unpaired) electrons. The molecule has 0 saturated carbocycles. The number of fused-ring (bicyclic) bond motifs is 1. The summed E-state index contributed by atoms with van der Waals surface area (Å²) >= 11 is 0. The van der Waals surface area contributed by atoms with Gasteiger partial charge in [0.25, 0.3) is 0 Å². The first-order valence-corrected chi connectivity index (χ1v) is 13.6. The molecule has 0 spiro atoms. The fourth-order valence-electron chi connectivity index (χ4n) is 4.60.